The number of hydrogen-bond donors (Lipinski definition) is 2. The fourth-order valence-electron chi connectivity index (χ4n) is 3.26. The van der Waals surface area contributed by atoms with E-state index >= 15 is 0 Å². The van der Waals surface area contributed by atoms with Crippen molar-refractivity contribution in [3.05, 3.63) is 42.0 Å². The molecule has 0 aromatic heterocycles. The van der Waals surface area contributed by atoms with Gasteiger partial charge in [-0.1, -0.05) is 0 Å². The predicted octanol–water partition coefficient (Wildman–Crippen LogP) is 3.85. The number of amides is 2. The summed E-state index contributed by atoms with van der Waals surface area (Å²) in [5.41, 5.74) is -0.420. The van der Waals surface area contributed by atoms with E-state index < -0.39 is 41.4 Å². The fourth-order valence-corrected chi connectivity index (χ4v) is 4.33. The zero-order valence-corrected chi connectivity index (χ0v) is 18.4. The first-order valence-electron chi connectivity index (χ1n) is 10.2. The van der Waals surface area contributed by atoms with Crippen LogP contribution in [0.3, 0.4) is 0 Å². The summed E-state index contributed by atoms with van der Waals surface area (Å²) in [5, 5.41) is 4.07. The summed E-state index contributed by atoms with van der Waals surface area (Å²) in [6.07, 6.45) is -4.15. The molecule has 2 aromatic rings. The number of ether oxygens (including phenoxy) is 3. The van der Waals surface area contributed by atoms with Crippen LogP contribution in [0.5, 0.6) is 11.5 Å². The van der Waals surface area contributed by atoms with Gasteiger partial charge in [-0.05, 0) is 30.3 Å². The number of benzene rings is 2. The highest BCUT2D eigenvalue weighted by Gasteiger charge is 2.34. The molecule has 0 aliphatic carbocycles. The third-order valence-corrected chi connectivity index (χ3v) is 6.15. The normalized spacial score (nSPS) is 17.1. The molecule has 1 atom stereocenters. The Hall–Kier alpha value is -3.41. The minimum absolute atomic E-state index is 0.0314. The number of rotatable bonds is 5. The Morgan fingerprint density at radius 2 is 1.88 bits per heavy atom. The van der Waals surface area contributed by atoms with Gasteiger partial charge in [0.15, 0.2) is 18.1 Å². The molecule has 2 heterocycles. The van der Waals surface area contributed by atoms with Crippen LogP contribution >= 0.6 is 11.8 Å². The van der Waals surface area contributed by atoms with E-state index in [0.717, 1.165) is 30.3 Å². The van der Waals surface area contributed by atoms with Gasteiger partial charge in [-0.15, -0.1) is 11.8 Å². The smallest absolute Gasteiger partial charge is 0.416 e. The maximum atomic E-state index is 12.9. The molecule has 0 saturated heterocycles. The van der Waals surface area contributed by atoms with Crippen molar-refractivity contribution < 1.29 is 41.8 Å². The topological polar surface area (TPSA) is 103 Å². The lowest BCUT2D eigenvalue weighted by Gasteiger charge is -2.24. The summed E-state index contributed by atoms with van der Waals surface area (Å²) in [7, 11) is 0. The Labute approximate surface area is 196 Å². The van der Waals surface area contributed by atoms with E-state index in [1.54, 1.807) is 18.2 Å². The zero-order chi connectivity index (χ0) is 24.3. The van der Waals surface area contributed by atoms with Crippen LogP contribution in [0.25, 0.3) is 0 Å². The number of fused-ring (bicyclic) bond motifs is 2. The summed E-state index contributed by atoms with van der Waals surface area (Å²) in [5.74, 6) is -0.937. The van der Waals surface area contributed by atoms with Crippen molar-refractivity contribution in [2.45, 2.75) is 29.2 Å². The fraction of sp³-hybridized carbons (Fsp3) is 0.318. The van der Waals surface area contributed by atoms with Gasteiger partial charge in [0.1, 0.15) is 0 Å². The van der Waals surface area contributed by atoms with Gasteiger partial charge in [-0.2, -0.15) is 13.2 Å². The molecule has 0 fully saturated rings. The first kappa shape index (κ1) is 23.7. The van der Waals surface area contributed by atoms with Crippen LogP contribution in [-0.2, 0) is 25.3 Å². The number of nitrogens with one attached hydrogen (secondary N) is 2. The predicted molar refractivity (Wildman–Crippen MR) is 116 cm³/mol. The molecule has 2 amide bonds. The van der Waals surface area contributed by atoms with Gasteiger partial charge in [0, 0.05) is 23.1 Å². The number of esters is 1. The van der Waals surface area contributed by atoms with Crippen LogP contribution in [0.4, 0.5) is 24.5 Å². The van der Waals surface area contributed by atoms with Gasteiger partial charge in [-0.3, -0.25) is 14.4 Å². The summed E-state index contributed by atoms with van der Waals surface area (Å²) in [4.78, 5) is 37.0. The lowest BCUT2D eigenvalue weighted by Crippen LogP contribution is -2.32. The molecular weight excluding hydrogens is 477 g/mol. The SMILES string of the molecule is O=C(COC(=O)CC1Sc2ccc(C(F)(F)F)cc2NC1=O)Nc1ccc2c(c1)OCCCO2. The number of anilines is 2. The second-order valence-electron chi connectivity index (χ2n) is 7.43. The molecule has 34 heavy (non-hydrogen) atoms. The standard InChI is InChI=1S/C22H19F3N2O6S/c23-22(24,25)12-2-5-17-14(8-12)27-21(30)18(34-17)10-20(29)33-11-19(28)26-13-3-4-15-16(9-13)32-7-1-6-31-15/h2-5,8-9,18H,1,6-7,10-11H2,(H,26,28)(H,27,30). The number of carbonyl (C=O) groups is 3. The van der Waals surface area contributed by atoms with Gasteiger partial charge in [0.2, 0.25) is 5.91 Å². The van der Waals surface area contributed by atoms with Crippen LogP contribution in [0, 0.1) is 0 Å². The van der Waals surface area contributed by atoms with Gasteiger partial charge in [0.05, 0.1) is 36.1 Å². The van der Waals surface area contributed by atoms with E-state index in [9.17, 15) is 27.6 Å². The van der Waals surface area contributed by atoms with Crippen molar-refractivity contribution >= 4 is 40.9 Å². The maximum Gasteiger partial charge on any atom is 0.416 e. The first-order valence-corrected chi connectivity index (χ1v) is 11.1. The summed E-state index contributed by atoms with van der Waals surface area (Å²) in [6.45, 7) is 0.451. The molecule has 180 valence electrons. The highest BCUT2D eigenvalue weighted by molar-refractivity contribution is 8.01. The van der Waals surface area contributed by atoms with Crippen molar-refractivity contribution in [1.82, 2.24) is 0 Å². The van der Waals surface area contributed by atoms with Crippen LogP contribution in [0.15, 0.2) is 41.3 Å². The molecule has 0 spiro atoms. The van der Waals surface area contributed by atoms with Crippen LogP contribution in [0.2, 0.25) is 0 Å². The zero-order valence-electron chi connectivity index (χ0n) is 17.6. The maximum absolute atomic E-state index is 12.9. The average molecular weight is 496 g/mol. The molecule has 2 N–H and O–H groups in total. The Morgan fingerprint density at radius 3 is 2.65 bits per heavy atom. The van der Waals surface area contributed by atoms with Crippen LogP contribution < -0.4 is 20.1 Å². The molecule has 1 unspecified atom stereocenters. The van der Waals surface area contributed by atoms with Crippen molar-refractivity contribution in [2.24, 2.45) is 0 Å². The van der Waals surface area contributed by atoms with Crippen LogP contribution in [-0.4, -0.2) is 42.9 Å². The molecule has 4 rings (SSSR count). The second-order valence-corrected chi connectivity index (χ2v) is 8.67. The minimum Gasteiger partial charge on any atom is -0.490 e. The van der Waals surface area contributed by atoms with E-state index in [2.05, 4.69) is 10.6 Å². The van der Waals surface area contributed by atoms with E-state index in [4.69, 9.17) is 14.2 Å². The van der Waals surface area contributed by atoms with Crippen LogP contribution in [0.1, 0.15) is 18.4 Å². The van der Waals surface area contributed by atoms with Gasteiger partial charge >= 0.3 is 12.1 Å². The third-order valence-electron chi connectivity index (χ3n) is 4.87. The molecule has 0 bridgehead atoms. The molecule has 12 heteroatoms. The molecule has 2 aliphatic heterocycles. The Kier molecular flexibility index (Phi) is 6.87. The lowest BCUT2D eigenvalue weighted by molar-refractivity contribution is -0.147. The molecule has 8 nitrogen and oxygen atoms in total. The molecule has 0 saturated carbocycles. The largest absolute Gasteiger partial charge is 0.490 e. The Balaban J connectivity index is 1.28. The number of carbonyl (C=O) groups excluding carboxylic acids is 3. The van der Waals surface area contributed by atoms with E-state index in [0.29, 0.717) is 35.3 Å². The highest BCUT2D eigenvalue weighted by atomic mass is 32.2. The Morgan fingerprint density at radius 1 is 1.12 bits per heavy atom. The minimum atomic E-state index is -4.54. The number of thioether (sulfide) groups is 1. The summed E-state index contributed by atoms with van der Waals surface area (Å²) in [6, 6.07) is 7.88. The lowest BCUT2D eigenvalue weighted by atomic mass is 10.1. The second kappa shape index (κ2) is 9.84. The quantitative estimate of drug-likeness (QED) is 0.606. The van der Waals surface area contributed by atoms with Crippen molar-refractivity contribution in [3.8, 4) is 11.5 Å². The monoisotopic (exact) mass is 496 g/mol. The Bertz CT molecular complexity index is 1120. The van der Waals surface area contributed by atoms with Gasteiger partial charge in [0.25, 0.3) is 5.91 Å². The first-order chi connectivity index (χ1) is 16.2. The van der Waals surface area contributed by atoms with Gasteiger partial charge < -0.3 is 24.8 Å². The number of alkyl halides is 3. The number of hydrogen-bond acceptors (Lipinski definition) is 7. The number of halogens is 3. The van der Waals surface area contributed by atoms with E-state index in [-0.39, 0.29) is 12.1 Å². The molecule has 2 aliphatic rings. The van der Waals surface area contributed by atoms with E-state index in [1.165, 1.54) is 6.07 Å². The molecule has 2 aromatic carbocycles. The highest BCUT2D eigenvalue weighted by Crippen LogP contribution is 2.40. The van der Waals surface area contributed by atoms with Gasteiger partial charge in [-0.25, -0.2) is 0 Å². The summed E-state index contributed by atoms with van der Waals surface area (Å²) < 4.78 is 54.6. The third kappa shape index (κ3) is 5.74. The molecular formula is C22H19F3N2O6S. The molecule has 0 radical (unpaired) electrons. The van der Waals surface area contributed by atoms with Crippen molar-refractivity contribution in [3.63, 3.8) is 0 Å². The van der Waals surface area contributed by atoms with Crippen molar-refractivity contribution in [2.75, 3.05) is 30.5 Å². The van der Waals surface area contributed by atoms with E-state index in [1.807, 2.05) is 0 Å². The van der Waals surface area contributed by atoms with Crippen molar-refractivity contribution in [1.29, 1.82) is 0 Å². The summed E-state index contributed by atoms with van der Waals surface area (Å²) >= 11 is 0.958. The average Bonchev–Trinajstić information content (AvgIpc) is 3.02.